The number of aromatic nitrogens is 2. The minimum Gasteiger partial charge on any atom is -0.338 e. The molecule has 0 bridgehead atoms. The molecule has 2 N–H and O–H groups in total. The van der Waals surface area contributed by atoms with Crippen molar-refractivity contribution in [2.45, 2.75) is 32.1 Å². The Hall–Kier alpha value is -1.07. The van der Waals surface area contributed by atoms with E-state index in [2.05, 4.69) is 12.0 Å². The van der Waals surface area contributed by atoms with E-state index in [4.69, 9.17) is 5.73 Å². The van der Waals surface area contributed by atoms with Crippen LogP contribution in [0.25, 0.3) is 0 Å². The van der Waals surface area contributed by atoms with Crippen molar-refractivity contribution >= 4 is 18.3 Å². The van der Waals surface area contributed by atoms with E-state index in [-0.39, 0.29) is 23.7 Å². The highest BCUT2D eigenvalue weighted by Gasteiger charge is 2.38. The zero-order valence-corrected chi connectivity index (χ0v) is 12.9. The molecule has 112 valence electrons. The predicted octanol–water partition coefficient (Wildman–Crippen LogP) is 1.53. The number of nitrogens with zero attached hydrogens (tertiary/aromatic N) is 3. The summed E-state index contributed by atoms with van der Waals surface area (Å²) in [5.41, 5.74) is 7.80. The van der Waals surface area contributed by atoms with E-state index in [1.54, 1.807) is 6.20 Å². The monoisotopic (exact) mass is 298 g/mol. The van der Waals surface area contributed by atoms with Crippen LogP contribution in [-0.4, -0.2) is 40.2 Å². The van der Waals surface area contributed by atoms with Gasteiger partial charge in [0.1, 0.15) is 0 Å². The third-order valence-corrected chi connectivity index (χ3v) is 4.52. The van der Waals surface area contributed by atoms with Gasteiger partial charge in [0.2, 0.25) is 0 Å². The summed E-state index contributed by atoms with van der Waals surface area (Å²) in [5.74, 6) is 0.669. The number of carbonyl (C=O) groups is 1. The van der Waals surface area contributed by atoms with Crippen LogP contribution in [0.2, 0.25) is 0 Å². The van der Waals surface area contributed by atoms with Gasteiger partial charge < -0.3 is 10.6 Å². The Labute approximate surface area is 125 Å². The molecule has 1 saturated heterocycles. The standard InChI is InChI=1S/C14H22N4O.ClH/c1-14(8-15)5-6-18(9-14)13(19)11-7-16-17(2)12(11)10-3-4-10;/h7,10H,3-6,8-9,15H2,1-2H3;1H. The molecule has 3 rings (SSSR count). The topological polar surface area (TPSA) is 64.2 Å². The van der Waals surface area contributed by atoms with E-state index < -0.39 is 0 Å². The Kier molecular flexibility index (Phi) is 4.12. The second-order valence-electron chi connectivity index (χ2n) is 6.33. The number of aryl methyl sites for hydroxylation is 1. The fourth-order valence-corrected chi connectivity index (χ4v) is 2.99. The zero-order chi connectivity index (χ0) is 13.6. The molecule has 1 aliphatic heterocycles. The summed E-state index contributed by atoms with van der Waals surface area (Å²) in [6, 6.07) is 0. The van der Waals surface area contributed by atoms with Gasteiger partial charge in [-0.2, -0.15) is 5.10 Å². The molecule has 1 aliphatic carbocycles. The van der Waals surface area contributed by atoms with Gasteiger partial charge in [0, 0.05) is 26.1 Å². The molecule has 6 heteroatoms. The van der Waals surface area contributed by atoms with Crippen LogP contribution in [-0.2, 0) is 7.05 Å². The maximum atomic E-state index is 12.6. The summed E-state index contributed by atoms with van der Waals surface area (Å²) in [5, 5.41) is 4.27. The molecule has 2 aliphatic rings. The smallest absolute Gasteiger partial charge is 0.257 e. The first-order valence-electron chi connectivity index (χ1n) is 7.05. The van der Waals surface area contributed by atoms with Gasteiger partial charge in [0.15, 0.2) is 0 Å². The highest BCUT2D eigenvalue weighted by Crippen LogP contribution is 2.42. The number of likely N-dealkylation sites (tertiary alicyclic amines) is 1. The molecule has 1 aromatic rings. The summed E-state index contributed by atoms with van der Waals surface area (Å²) >= 11 is 0. The molecule has 1 unspecified atom stereocenters. The molecule has 5 nitrogen and oxygen atoms in total. The van der Waals surface area contributed by atoms with Crippen LogP contribution < -0.4 is 5.73 Å². The average Bonchev–Trinajstić information content (AvgIpc) is 3.05. The molecule has 0 aromatic carbocycles. The number of carbonyl (C=O) groups excluding carboxylic acids is 1. The number of halogens is 1. The lowest BCUT2D eigenvalue weighted by Gasteiger charge is -2.22. The van der Waals surface area contributed by atoms with E-state index in [9.17, 15) is 4.79 Å². The van der Waals surface area contributed by atoms with Crippen molar-refractivity contribution < 1.29 is 4.79 Å². The Bertz CT molecular complexity index is 511. The maximum absolute atomic E-state index is 12.6. The summed E-state index contributed by atoms with van der Waals surface area (Å²) in [7, 11) is 1.93. The van der Waals surface area contributed by atoms with Gasteiger partial charge >= 0.3 is 0 Å². The van der Waals surface area contributed by atoms with Crippen molar-refractivity contribution in [3.05, 3.63) is 17.5 Å². The molecular weight excluding hydrogens is 276 g/mol. The molecule has 2 fully saturated rings. The summed E-state index contributed by atoms with van der Waals surface area (Å²) in [6.07, 6.45) is 5.09. The minimum absolute atomic E-state index is 0. The van der Waals surface area contributed by atoms with Crippen LogP contribution in [0.5, 0.6) is 0 Å². The quantitative estimate of drug-likeness (QED) is 0.920. The second-order valence-corrected chi connectivity index (χ2v) is 6.33. The Morgan fingerprint density at radius 2 is 2.25 bits per heavy atom. The third-order valence-electron chi connectivity index (χ3n) is 4.52. The van der Waals surface area contributed by atoms with Crippen LogP contribution in [0.1, 0.15) is 48.2 Å². The molecule has 1 saturated carbocycles. The molecule has 1 aromatic heterocycles. The summed E-state index contributed by atoms with van der Waals surface area (Å²) in [4.78, 5) is 14.6. The lowest BCUT2D eigenvalue weighted by atomic mass is 9.90. The van der Waals surface area contributed by atoms with Gasteiger partial charge in [0.05, 0.1) is 17.5 Å². The first kappa shape index (κ1) is 15.3. The van der Waals surface area contributed by atoms with E-state index in [1.165, 1.54) is 12.8 Å². The number of rotatable bonds is 3. The number of hydrogen-bond donors (Lipinski definition) is 1. The van der Waals surface area contributed by atoms with Gasteiger partial charge in [0.25, 0.3) is 5.91 Å². The Morgan fingerprint density at radius 1 is 1.55 bits per heavy atom. The Balaban J connectivity index is 0.00000147. The molecule has 0 spiro atoms. The van der Waals surface area contributed by atoms with E-state index in [1.807, 2.05) is 16.6 Å². The first-order valence-corrected chi connectivity index (χ1v) is 7.05. The molecule has 1 atom stereocenters. The van der Waals surface area contributed by atoms with Crippen molar-refractivity contribution in [3.8, 4) is 0 Å². The van der Waals surface area contributed by atoms with Gasteiger partial charge in [-0.15, -0.1) is 12.4 Å². The third kappa shape index (κ3) is 2.56. The van der Waals surface area contributed by atoms with Gasteiger partial charge in [-0.1, -0.05) is 6.92 Å². The van der Waals surface area contributed by atoms with Crippen molar-refractivity contribution in [3.63, 3.8) is 0 Å². The second kappa shape index (κ2) is 5.37. The summed E-state index contributed by atoms with van der Waals surface area (Å²) in [6.45, 7) is 4.37. The average molecular weight is 299 g/mol. The normalized spacial score (nSPS) is 25.6. The van der Waals surface area contributed by atoms with Crippen molar-refractivity contribution in [1.82, 2.24) is 14.7 Å². The molecule has 20 heavy (non-hydrogen) atoms. The molecule has 1 amide bonds. The maximum Gasteiger partial charge on any atom is 0.257 e. The lowest BCUT2D eigenvalue weighted by molar-refractivity contribution is 0.0775. The first-order chi connectivity index (χ1) is 9.04. The minimum atomic E-state index is 0. The predicted molar refractivity (Wildman–Crippen MR) is 80.1 cm³/mol. The largest absolute Gasteiger partial charge is 0.338 e. The van der Waals surface area contributed by atoms with Crippen molar-refractivity contribution in [2.75, 3.05) is 19.6 Å². The summed E-state index contributed by atoms with van der Waals surface area (Å²) < 4.78 is 1.86. The van der Waals surface area contributed by atoms with Gasteiger partial charge in [-0.3, -0.25) is 9.48 Å². The number of nitrogens with two attached hydrogens (primary N) is 1. The molecule has 2 heterocycles. The van der Waals surface area contributed by atoms with E-state index in [0.29, 0.717) is 12.5 Å². The van der Waals surface area contributed by atoms with Gasteiger partial charge in [-0.05, 0) is 31.2 Å². The van der Waals surface area contributed by atoms with Gasteiger partial charge in [-0.25, -0.2) is 0 Å². The highest BCUT2D eigenvalue weighted by molar-refractivity contribution is 5.95. The fraction of sp³-hybridized carbons (Fsp3) is 0.714. The van der Waals surface area contributed by atoms with Crippen LogP contribution in [0.15, 0.2) is 6.20 Å². The van der Waals surface area contributed by atoms with Crippen LogP contribution in [0.3, 0.4) is 0 Å². The van der Waals surface area contributed by atoms with E-state index >= 15 is 0 Å². The number of hydrogen-bond acceptors (Lipinski definition) is 3. The van der Waals surface area contributed by atoms with Crippen LogP contribution >= 0.6 is 12.4 Å². The van der Waals surface area contributed by atoms with Crippen molar-refractivity contribution in [1.29, 1.82) is 0 Å². The van der Waals surface area contributed by atoms with Crippen molar-refractivity contribution in [2.24, 2.45) is 18.2 Å². The van der Waals surface area contributed by atoms with Crippen LogP contribution in [0.4, 0.5) is 0 Å². The zero-order valence-electron chi connectivity index (χ0n) is 12.1. The molecular formula is C14H23ClN4O. The molecule has 0 radical (unpaired) electrons. The van der Waals surface area contributed by atoms with E-state index in [0.717, 1.165) is 30.8 Å². The lowest BCUT2D eigenvalue weighted by Crippen LogP contribution is -2.34. The van der Waals surface area contributed by atoms with Crippen LogP contribution in [0, 0.1) is 5.41 Å². The SMILES string of the molecule is Cl.Cn1ncc(C(=O)N2CCC(C)(CN)C2)c1C1CC1. The Morgan fingerprint density at radius 3 is 2.80 bits per heavy atom. The highest BCUT2D eigenvalue weighted by atomic mass is 35.5. The number of amides is 1. The fourth-order valence-electron chi connectivity index (χ4n) is 2.99.